The van der Waals surface area contributed by atoms with Gasteiger partial charge in [-0.25, -0.2) is 4.98 Å². The molecular weight excluding hydrogens is 442 g/mol. The molecule has 5 aromatic rings. The Hall–Kier alpha value is -4.18. The van der Waals surface area contributed by atoms with E-state index in [-0.39, 0.29) is 0 Å². The van der Waals surface area contributed by atoms with Crippen LogP contribution in [0, 0.1) is 6.92 Å². The highest BCUT2D eigenvalue weighted by atomic mass is 16.5. The lowest BCUT2D eigenvalue weighted by molar-refractivity contribution is 0.471. The third-order valence-electron chi connectivity index (χ3n) is 6.76. The average molecular weight is 470 g/mol. The maximum absolute atomic E-state index is 6.57. The van der Waals surface area contributed by atoms with Gasteiger partial charge in [-0.3, -0.25) is 9.78 Å². The van der Waals surface area contributed by atoms with E-state index < -0.39 is 0 Å². The van der Waals surface area contributed by atoms with Crippen molar-refractivity contribution >= 4 is 33.3 Å². The summed E-state index contributed by atoms with van der Waals surface area (Å²) in [5, 5.41) is 17.4. The predicted molar refractivity (Wildman–Crippen MR) is 137 cm³/mol. The number of H-pyrrole nitrogens is 1. The molecule has 1 fully saturated rings. The molecule has 1 saturated heterocycles. The van der Waals surface area contributed by atoms with Crippen LogP contribution in [0.25, 0.3) is 32.8 Å². The van der Waals surface area contributed by atoms with Crippen LogP contribution in [0.5, 0.6) is 11.6 Å². The van der Waals surface area contributed by atoms with Gasteiger partial charge in [0.25, 0.3) is 0 Å². The van der Waals surface area contributed by atoms with Crippen molar-refractivity contribution in [3.8, 4) is 22.8 Å². The lowest BCUT2D eigenvalue weighted by Crippen LogP contribution is -2.29. The number of rotatable bonds is 5. The zero-order valence-electron chi connectivity index (χ0n) is 19.9. The number of nitrogens with two attached hydrogens (primary N) is 1. The highest BCUT2D eigenvalue weighted by Crippen LogP contribution is 2.41. The lowest BCUT2D eigenvalue weighted by Gasteiger charge is -2.21. The molecule has 10 heteroatoms. The summed E-state index contributed by atoms with van der Waals surface area (Å²) < 4.78 is 8.35. The first-order chi connectivity index (χ1) is 17.0. The fraction of sp³-hybridized carbons (Fsp3) is 0.280. The average Bonchev–Trinajstić information content (AvgIpc) is 3.61. The minimum absolute atomic E-state index is 0.369. The van der Waals surface area contributed by atoms with Crippen LogP contribution in [0.15, 0.2) is 43.0 Å². The van der Waals surface area contributed by atoms with Gasteiger partial charge in [0.1, 0.15) is 17.4 Å². The number of nitrogens with one attached hydrogen (secondary N) is 2. The molecule has 0 amide bonds. The number of hydrogen-bond acceptors (Lipinski definition) is 8. The van der Waals surface area contributed by atoms with Gasteiger partial charge in [-0.1, -0.05) is 6.07 Å². The third kappa shape index (κ3) is 3.62. The van der Waals surface area contributed by atoms with Gasteiger partial charge in [0.05, 0.1) is 28.7 Å². The largest absolute Gasteiger partial charge is 0.437 e. The van der Waals surface area contributed by atoms with Crippen molar-refractivity contribution in [2.24, 2.45) is 7.05 Å². The van der Waals surface area contributed by atoms with Gasteiger partial charge in [-0.2, -0.15) is 15.2 Å². The zero-order valence-corrected chi connectivity index (χ0v) is 19.9. The molecule has 35 heavy (non-hydrogen) atoms. The van der Waals surface area contributed by atoms with Gasteiger partial charge in [0, 0.05) is 55.1 Å². The van der Waals surface area contributed by atoms with E-state index in [4.69, 9.17) is 15.5 Å². The van der Waals surface area contributed by atoms with Crippen LogP contribution in [0.4, 0.5) is 11.6 Å². The Balaban J connectivity index is 1.58. The van der Waals surface area contributed by atoms with Crippen molar-refractivity contribution in [2.45, 2.75) is 19.4 Å². The smallest absolute Gasteiger partial charge is 0.232 e. The second-order valence-corrected chi connectivity index (χ2v) is 9.03. The standard InChI is InChI=1S/C25H27N9O/c1-14-4-5-20-19(11-29-32-20)23(14)35-25-22-17(8-21(31-25)34-7-6-16(13-34)27-2)18(10-28-24(22)26)15-9-30-33(3)12-15/h4-5,8-12,16,27H,6-7,13H2,1-3H3,(H2,26,28)(H,29,32)/t16-/m1/s1. The molecule has 10 nitrogen and oxygen atoms in total. The molecule has 1 aliphatic rings. The molecule has 1 atom stereocenters. The maximum atomic E-state index is 6.57. The number of nitrogens with zero attached hydrogens (tertiary/aromatic N) is 6. The summed E-state index contributed by atoms with van der Waals surface area (Å²) in [7, 11) is 3.89. The van der Waals surface area contributed by atoms with E-state index >= 15 is 0 Å². The quantitative estimate of drug-likeness (QED) is 0.358. The number of aryl methyl sites for hydroxylation is 2. The summed E-state index contributed by atoms with van der Waals surface area (Å²) in [6.07, 6.45) is 8.41. The van der Waals surface area contributed by atoms with Crippen LogP contribution in [-0.2, 0) is 7.05 Å². The SMILES string of the molecule is CN[C@@H]1CCN(c2cc3c(-c4cnn(C)c4)cnc(N)c3c(Oc3c(C)ccc4[nH]ncc34)n2)C1. The Morgan fingerprint density at radius 2 is 2.09 bits per heavy atom. The molecular formula is C25H27N9O. The number of fused-ring (bicyclic) bond motifs is 2. The van der Waals surface area contributed by atoms with E-state index in [9.17, 15) is 0 Å². The summed E-state index contributed by atoms with van der Waals surface area (Å²) in [6, 6.07) is 6.50. The van der Waals surface area contributed by atoms with Crippen LogP contribution >= 0.6 is 0 Å². The van der Waals surface area contributed by atoms with E-state index in [0.29, 0.717) is 28.9 Å². The van der Waals surface area contributed by atoms with Gasteiger partial charge in [0.2, 0.25) is 5.88 Å². The molecule has 178 valence electrons. The highest BCUT2D eigenvalue weighted by molar-refractivity contribution is 6.05. The molecule has 4 N–H and O–H groups in total. The van der Waals surface area contributed by atoms with Gasteiger partial charge in [-0.15, -0.1) is 0 Å². The fourth-order valence-corrected chi connectivity index (χ4v) is 4.80. The van der Waals surface area contributed by atoms with Crippen molar-refractivity contribution in [3.05, 3.63) is 48.5 Å². The number of aromatic amines is 1. The first-order valence-electron chi connectivity index (χ1n) is 11.6. The number of nitrogen functional groups attached to an aromatic ring is 1. The number of likely N-dealkylation sites (N-methyl/N-ethyl adjacent to an activating group) is 1. The highest BCUT2D eigenvalue weighted by Gasteiger charge is 2.25. The number of pyridine rings is 2. The molecule has 1 aromatic carbocycles. The molecule has 6 rings (SSSR count). The van der Waals surface area contributed by atoms with E-state index in [1.54, 1.807) is 17.1 Å². The van der Waals surface area contributed by atoms with Crippen molar-refractivity contribution in [2.75, 3.05) is 30.8 Å². The summed E-state index contributed by atoms with van der Waals surface area (Å²) in [4.78, 5) is 11.8. The predicted octanol–water partition coefficient (Wildman–Crippen LogP) is 3.39. The van der Waals surface area contributed by atoms with Crippen LogP contribution in [0.2, 0.25) is 0 Å². The minimum Gasteiger partial charge on any atom is -0.437 e. The molecule has 0 unspecified atom stereocenters. The first kappa shape index (κ1) is 21.4. The first-order valence-corrected chi connectivity index (χ1v) is 11.6. The lowest BCUT2D eigenvalue weighted by atomic mass is 10.0. The van der Waals surface area contributed by atoms with Crippen molar-refractivity contribution in [3.63, 3.8) is 0 Å². The summed E-state index contributed by atoms with van der Waals surface area (Å²) in [6.45, 7) is 3.78. The Morgan fingerprint density at radius 3 is 2.86 bits per heavy atom. The molecule has 1 aliphatic heterocycles. The van der Waals surface area contributed by atoms with E-state index in [2.05, 4.69) is 36.6 Å². The summed E-state index contributed by atoms with van der Waals surface area (Å²) >= 11 is 0. The Kier molecular flexibility index (Phi) is 5.03. The number of hydrogen-bond donors (Lipinski definition) is 3. The van der Waals surface area contributed by atoms with Crippen LogP contribution < -0.4 is 20.7 Å². The van der Waals surface area contributed by atoms with Crippen molar-refractivity contribution in [1.29, 1.82) is 0 Å². The van der Waals surface area contributed by atoms with Crippen LogP contribution in [0.3, 0.4) is 0 Å². The molecule has 0 spiro atoms. The van der Waals surface area contributed by atoms with Gasteiger partial charge < -0.3 is 20.7 Å². The maximum Gasteiger partial charge on any atom is 0.232 e. The number of aromatic nitrogens is 6. The van der Waals surface area contributed by atoms with E-state index in [0.717, 1.165) is 58.3 Å². The Labute approximate surface area is 202 Å². The molecule has 4 aromatic heterocycles. The molecule has 0 radical (unpaired) electrons. The zero-order chi connectivity index (χ0) is 24.1. The van der Waals surface area contributed by atoms with Crippen LogP contribution in [-0.4, -0.2) is 56.1 Å². The van der Waals surface area contributed by atoms with E-state index in [1.807, 2.05) is 45.5 Å². The van der Waals surface area contributed by atoms with E-state index in [1.165, 1.54) is 0 Å². The third-order valence-corrected chi connectivity index (χ3v) is 6.76. The Bertz CT molecular complexity index is 1550. The number of benzene rings is 1. The van der Waals surface area contributed by atoms with Gasteiger partial charge in [0.15, 0.2) is 0 Å². The number of anilines is 2. The second-order valence-electron chi connectivity index (χ2n) is 9.03. The van der Waals surface area contributed by atoms with Gasteiger partial charge >= 0.3 is 0 Å². The summed E-state index contributed by atoms with van der Waals surface area (Å²) in [5.74, 6) is 2.34. The number of ether oxygens (including phenoxy) is 1. The second kappa shape index (κ2) is 8.24. The normalized spacial score (nSPS) is 16.0. The Morgan fingerprint density at radius 1 is 1.20 bits per heavy atom. The topological polar surface area (TPSA) is 123 Å². The minimum atomic E-state index is 0.369. The molecule has 0 aliphatic carbocycles. The molecule has 5 heterocycles. The van der Waals surface area contributed by atoms with Gasteiger partial charge in [-0.05, 0) is 38.1 Å². The fourth-order valence-electron chi connectivity index (χ4n) is 4.80. The monoisotopic (exact) mass is 469 g/mol. The van der Waals surface area contributed by atoms with Crippen molar-refractivity contribution in [1.82, 2.24) is 35.3 Å². The summed E-state index contributed by atoms with van der Waals surface area (Å²) in [5.41, 5.74) is 10.2. The van der Waals surface area contributed by atoms with Crippen molar-refractivity contribution < 1.29 is 4.74 Å². The molecule has 0 bridgehead atoms. The molecule has 0 saturated carbocycles. The van der Waals surface area contributed by atoms with Crippen LogP contribution in [0.1, 0.15) is 12.0 Å².